The summed E-state index contributed by atoms with van der Waals surface area (Å²) in [5.74, 6) is 2.32. The van der Waals surface area contributed by atoms with Gasteiger partial charge in [-0.3, -0.25) is 9.69 Å². The molecule has 0 bridgehead atoms. The largest absolute Gasteiger partial charge is 0.376 e. The van der Waals surface area contributed by atoms with Crippen molar-refractivity contribution in [3.05, 3.63) is 17.6 Å². The van der Waals surface area contributed by atoms with Gasteiger partial charge in [-0.15, -0.1) is 0 Å². The highest BCUT2D eigenvalue weighted by Crippen LogP contribution is 2.18. The van der Waals surface area contributed by atoms with Crippen molar-refractivity contribution in [2.45, 2.75) is 45.6 Å². The van der Waals surface area contributed by atoms with E-state index in [9.17, 15) is 4.79 Å². The summed E-state index contributed by atoms with van der Waals surface area (Å²) in [5.41, 5.74) is 1.01. The summed E-state index contributed by atoms with van der Waals surface area (Å²) < 4.78 is 5.55. The van der Waals surface area contributed by atoms with Crippen molar-refractivity contribution in [1.82, 2.24) is 20.2 Å². The highest BCUT2D eigenvalue weighted by molar-refractivity contribution is 5.78. The summed E-state index contributed by atoms with van der Waals surface area (Å²) in [6, 6.07) is 2.05. The normalized spacial score (nSPS) is 21.4. The van der Waals surface area contributed by atoms with Crippen molar-refractivity contribution in [2.24, 2.45) is 0 Å². The SMILES string of the molecule is Cc1cc(N2CCN(CC(=O)NCC3CCCO3)CC2)nc(C(C)C)n1. The highest BCUT2D eigenvalue weighted by Gasteiger charge is 2.22. The van der Waals surface area contributed by atoms with Crippen LogP contribution in [0, 0.1) is 6.92 Å². The average Bonchev–Trinajstić information content (AvgIpc) is 3.13. The van der Waals surface area contributed by atoms with E-state index in [2.05, 4.69) is 40.0 Å². The van der Waals surface area contributed by atoms with Crippen LogP contribution in [0.3, 0.4) is 0 Å². The molecule has 0 aromatic carbocycles. The molecule has 2 fully saturated rings. The molecule has 7 nitrogen and oxygen atoms in total. The monoisotopic (exact) mass is 361 g/mol. The second kappa shape index (κ2) is 8.77. The molecule has 2 aliphatic rings. The summed E-state index contributed by atoms with van der Waals surface area (Å²) in [5, 5.41) is 3.00. The maximum Gasteiger partial charge on any atom is 0.234 e. The lowest BCUT2D eigenvalue weighted by molar-refractivity contribution is -0.122. The Morgan fingerprint density at radius 1 is 1.31 bits per heavy atom. The fourth-order valence-electron chi connectivity index (χ4n) is 3.42. The molecule has 144 valence electrons. The molecule has 3 heterocycles. The van der Waals surface area contributed by atoms with E-state index < -0.39 is 0 Å². The van der Waals surface area contributed by atoms with Crippen LogP contribution in [-0.4, -0.2) is 72.8 Å². The molecule has 2 saturated heterocycles. The van der Waals surface area contributed by atoms with Crippen LogP contribution in [0.15, 0.2) is 6.07 Å². The molecule has 0 aliphatic carbocycles. The quantitative estimate of drug-likeness (QED) is 0.824. The zero-order valence-corrected chi connectivity index (χ0v) is 16.2. The zero-order chi connectivity index (χ0) is 18.5. The first kappa shape index (κ1) is 19.0. The Labute approximate surface area is 156 Å². The number of carbonyl (C=O) groups excluding carboxylic acids is 1. The number of aromatic nitrogens is 2. The third-order valence-electron chi connectivity index (χ3n) is 4.99. The number of hydrogen-bond donors (Lipinski definition) is 1. The summed E-state index contributed by atoms with van der Waals surface area (Å²) in [6.45, 7) is 11.7. The third kappa shape index (κ3) is 5.14. The lowest BCUT2D eigenvalue weighted by Gasteiger charge is -2.35. The fourth-order valence-corrected chi connectivity index (χ4v) is 3.42. The molecule has 1 atom stereocenters. The van der Waals surface area contributed by atoms with Crippen molar-refractivity contribution in [1.29, 1.82) is 0 Å². The van der Waals surface area contributed by atoms with E-state index >= 15 is 0 Å². The predicted octanol–water partition coefficient (Wildman–Crippen LogP) is 1.33. The standard InChI is InChI=1S/C19H31N5O2/c1-14(2)19-21-15(3)11-17(22-19)24-8-6-23(7-9-24)13-18(25)20-12-16-5-4-10-26-16/h11,14,16H,4-10,12-13H2,1-3H3,(H,20,25). The number of ether oxygens (including phenoxy) is 1. The number of rotatable bonds is 6. The molecule has 1 unspecified atom stereocenters. The van der Waals surface area contributed by atoms with E-state index in [-0.39, 0.29) is 12.0 Å². The Hall–Kier alpha value is -1.73. The van der Waals surface area contributed by atoms with Crippen LogP contribution in [0.25, 0.3) is 0 Å². The van der Waals surface area contributed by atoms with Crippen molar-refractivity contribution in [3.63, 3.8) is 0 Å². The van der Waals surface area contributed by atoms with Crippen LogP contribution in [0.5, 0.6) is 0 Å². The molecule has 0 saturated carbocycles. The lowest BCUT2D eigenvalue weighted by Crippen LogP contribution is -2.50. The van der Waals surface area contributed by atoms with Gasteiger partial charge in [0.1, 0.15) is 11.6 Å². The number of nitrogens with one attached hydrogen (secondary N) is 1. The first-order chi connectivity index (χ1) is 12.5. The minimum Gasteiger partial charge on any atom is -0.376 e. The van der Waals surface area contributed by atoms with E-state index in [1.165, 1.54) is 0 Å². The van der Waals surface area contributed by atoms with Crippen LogP contribution in [0.1, 0.15) is 44.1 Å². The second-order valence-corrected chi connectivity index (χ2v) is 7.58. The van der Waals surface area contributed by atoms with Gasteiger partial charge in [-0.25, -0.2) is 9.97 Å². The first-order valence-corrected chi connectivity index (χ1v) is 9.72. The lowest BCUT2D eigenvalue weighted by atomic mass is 10.2. The number of carbonyl (C=O) groups is 1. The predicted molar refractivity (Wildman–Crippen MR) is 101 cm³/mol. The Balaban J connectivity index is 1.46. The molecule has 3 rings (SSSR count). The number of amides is 1. The van der Waals surface area contributed by atoms with E-state index in [0.29, 0.717) is 19.0 Å². The molecule has 1 amide bonds. The van der Waals surface area contributed by atoms with Gasteiger partial charge in [0.2, 0.25) is 5.91 Å². The Bertz CT molecular complexity index is 608. The van der Waals surface area contributed by atoms with Crippen LogP contribution < -0.4 is 10.2 Å². The summed E-state index contributed by atoms with van der Waals surface area (Å²) >= 11 is 0. The number of nitrogens with zero attached hydrogens (tertiary/aromatic N) is 4. The zero-order valence-electron chi connectivity index (χ0n) is 16.2. The molecule has 1 aromatic heterocycles. The first-order valence-electron chi connectivity index (χ1n) is 9.72. The van der Waals surface area contributed by atoms with E-state index in [4.69, 9.17) is 9.72 Å². The van der Waals surface area contributed by atoms with Gasteiger partial charge < -0.3 is 15.0 Å². The summed E-state index contributed by atoms with van der Waals surface area (Å²) in [4.78, 5) is 25.9. The molecule has 1 N–H and O–H groups in total. The molecule has 2 aliphatic heterocycles. The highest BCUT2D eigenvalue weighted by atomic mass is 16.5. The van der Waals surface area contributed by atoms with Gasteiger partial charge in [-0.05, 0) is 19.8 Å². The van der Waals surface area contributed by atoms with Gasteiger partial charge in [-0.2, -0.15) is 0 Å². The van der Waals surface area contributed by atoms with E-state index in [1.807, 2.05) is 6.92 Å². The number of aryl methyl sites for hydroxylation is 1. The smallest absolute Gasteiger partial charge is 0.234 e. The van der Waals surface area contributed by atoms with Crippen molar-refractivity contribution in [3.8, 4) is 0 Å². The van der Waals surface area contributed by atoms with Gasteiger partial charge >= 0.3 is 0 Å². The maximum absolute atomic E-state index is 12.1. The molecular formula is C19H31N5O2. The molecule has 0 spiro atoms. The van der Waals surface area contributed by atoms with Gasteiger partial charge in [-0.1, -0.05) is 13.8 Å². The van der Waals surface area contributed by atoms with Crippen LogP contribution >= 0.6 is 0 Å². The summed E-state index contributed by atoms with van der Waals surface area (Å²) in [7, 11) is 0. The molecule has 1 aromatic rings. The van der Waals surface area contributed by atoms with Gasteiger partial charge in [0, 0.05) is 57.0 Å². The maximum atomic E-state index is 12.1. The second-order valence-electron chi connectivity index (χ2n) is 7.58. The van der Waals surface area contributed by atoms with Crippen molar-refractivity contribution >= 4 is 11.7 Å². The van der Waals surface area contributed by atoms with Gasteiger partial charge in [0.05, 0.1) is 12.6 Å². The minimum atomic E-state index is 0.0916. The van der Waals surface area contributed by atoms with Gasteiger partial charge in [0.15, 0.2) is 0 Å². The van der Waals surface area contributed by atoms with Crippen molar-refractivity contribution < 1.29 is 9.53 Å². The molecule has 7 heteroatoms. The number of piperazine rings is 1. The number of hydrogen-bond acceptors (Lipinski definition) is 6. The van der Waals surface area contributed by atoms with Crippen LogP contribution in [-0.2, 0) is 9.53 Å². The van der Waals surface area contributed by atoms with E-state index in [1.54, 1.807) is 0 Å². The Kier molecular flexibility index (Phi) is 6.43. The molecule has 0 radical (unpaired) electrons. The van der Waals surface area contributed by atoms with Crippen molar-refractivity contribution in [2.75, 3.05) is 50.8 Å². The Morgan fingerprint density at radius 3 is 2.73 bits per heavy atom. The fraction of sp³-hybridized carbons (Fsp3) is 0.737. The molecular weight excluding hydrogens is 330 g/mol. The topological polar surface area (TPSA) is 70.6 Å². The van der Waals surface area contributed by atoms with Gasteiger partial charge in [0.25, 0.3) is 0 Å². The average molecular weight is 361 g/mol. The molecule has 26 heavy (non-hydrogen) atoms. The third-order valence-corrected chi connectivity index (χ3v) is 4.99. The van der Waals surface area contributed by atoms with E-state index in [0.717, 1.165) is 63.0 Å². The minimum absolute atomic E-state index is 0.0916. The Morgan fingerprint density at radius 2 is 2.08 bits per heavy atom. The van der Waals surface area contributed by atoms with Crippen LogP contribution in [0.2, 0.25) is 0 Å². The number of anilines is 1. The summed E-state index contributed by atoms with van der Waals surface area (Å²) in [6.07, 6.45) is 2.35. The van der Waals surface area contributed by atoms with Crippen LogP contribution in [0.4, 0.5) is 5.82 Å².